The topological polar surface area (TPSA) is 49.4 Å². The highest BCUT2D eigenvalue weighted by molar-refractivity contribution is 7.17. The molecule has 2 amide bonds. The smallest absolute Gasteiger partial charge is 0.264 e. The molecule has 0 saturated heterocycles. The van der Waals surface area contributed by atoms with Crippen LogP contribution in [-0.4, -0.2) is 30.3 Å². The van der Waals surface area contributed by atoms with Crippen LogP contribution in [0.1, 0.15) is 9.67 Å². The minimum Gasteiger partial charge on any atom is -0.332 e. The summed E-state index contributed by atoms with van der Waals surface area (Å²) >= 11 is 7.31. The average Bonchev–Trinajstić information content (AvgIpc) is 3.13. The first-order valence-corrected chi connectivity index (χ1v) is 9.29. The van der Waals surface area contributed by atoms with Crippen LogP contribution in [0.2, 0.25) is 5.02 Å². The van der Waals surface area contributed by atoms with E-state index in [4.69, 9.17) is 11.6 Å². The van der Waals surface area contributed by atoms with Gasteiger partial charge >= 0.3 is 0 Å². The van der Waals surface area contributed by atoms with Gasteiger partial charge in [-0.1, -0.05) is 35.9 Å². The summed E-state index contributed by atoms with van der Waals surface area (Å²) in [6, 6.07) is 16.5. The van der Waals surface area contributed by atoms with Crippen molar-refractivity contribution in [3.63, 3.8) is 0 Å². The van der Waals surface area contributed by atoms with Gasteiger partial charge in [0.1, 0.15) is 5.82 Å². The van der Waals surface area contributed by atoms with Gasteiger partial charge in [0.25, 0.3) is 5.91 Å². The Morgan fingerprint density at radius 1 is 1.07 bits per heavy atom. The third kappa shape index (κ3) is 4.72. The summed E-state index contributed by atoms with van der Waals surface area (Å²) in [5, 5.41) is 3.12. The third-order valence-electron chi connectivity index (χ3n) is 3.82. The number of thiophene rings is 1. The van der Waals surface area contributed by atoms with Gasteiger partial charge in [-0.25, -0.2) is 4.39 Å². The summed E-state index contributed by atoms with van der Waals surface area (Å²) in [6.45, 7) is -0.103. The number of hydrogen-bond acceptors (Lipinski definition) is 3. The van der Waals surface area contributed by atoms with Crippen molar-refractivity contribution in [1.29, 1.82) is 0 Å². The molecule has 7 heteroatoms. The zero-order chi connectivity index (χ0) is 19.4. The molecule has 1 heterocycles. The molecule has 0 aliphatic carbocycles. The molecular weight excluding hydrogens is 387 g/mol. The number of nitrogens with zero attached hydrogens (tertiary/aromatic N) is 1. The second-order valence-corrected chi connectivity index (χ2v) is 7.35. The molecule has 0 atom stereocenters. The van der Waals surface area contributed by atoms with Crippen molar-refractivity contribution in [2.24, 2.45) is 0 Å². The number of carbonyl (C=O) groups is 2. The quantitative estimate of drug-likeness (QED) is 0.658. The van der Waals surface area contributed by atoms with Crippen LogP contribution in [0, 0.1) is 5.82 Å². The third-order valence-corrected chi connectivity index (χ3v) is 5.27. The molecule has 0 aliphatic heterocycles. The Bertz CT molecular complexity index is 972. The molecule has 0 aliphatic rings. The Labute approximate surface area is 165 Å². The number of likely N-dealkylation sites (N-methyl/N-ethyl adjacent to an activating group) is 1. The molecule has 4 nitrogen and oxygen atoms in total. The van der Waals surface area contributed by atoms with Crippen LogP contribution in [0.5, 0.6) is 0 Å². The molecule has 0 radical (unpaired) electrons. The Hall–Kier alpha value is -2.70. The highest BCUT2D eigenvalue weighted by Gasteiger charge is 2.18. The highest BCUT2D eigenvalue weighted by Crippen LogP contribution is 2.29. The predicted molar refractivity (Wildman–Crippen MR) is 107 cm³/mol. The lowest BCUT2D eigenvalue weighted by atomic mass is 10.2. The highest BCUT2D eigenvalue weighted by atomic mass is 35.5. The maximum absolute atomic E-state index is 13.0. The van der Waals surface area contributed by atoms with Gasteiger partial charge in [-0.15, -0.1) is 11.3 Å². The fourth-order valence-corrected chi connectivity index (χ4v) is 3.64. The van der Waals surface area contributed by atoms with Crippen LogP contribution >= 0.6 is 22.9 Å². The number of halogens is 2. The van der Waals surface area contributed by atoms with Gasteiger partial charge in [-0.05, 0) is 42.0 Å². The van der Waals surface area contributed by atoms with E-state index in [-0.39, 0.29) is 24.2 Å². The van der Waals surface area contributed by atoms with E-state index < -0.39 is 0 Å². The van der Waals surface area contributed by atoms with Crippen LogP contribution in [0.25, 0.3) is 10.4 Å². The lowest BCUT2D eigenvalue weighted by Crippen LogP contribution is -2.34. The van der Waals surface area contributed by atoms with E-state index in [2.05, 4.69) is 5.32 Å². The van der Waals surface area contributed by atoms with E-state index in [1.54, 1.807) is 49.5 Å². The minimum absolute atomic E-state index is 0.103. The van der Waals surface area contributed by atoms with Crippen LogP contribution in [0.3, 0.4) is 0 Å². The van der Waals surface area contributed by atoms with E-state index in [0.29, 0.717) is 15.6 Å². The second-order valence-electron chi connectivity index (χ2n) is 5.86. The lowest BCUT2D eigenvalue weighted by Gasteiger charge is -2.16. The van der Waals surface area contributed by atoms with Gasteiger partial charge in [-0.2, -0.15) is 0 Å². The second kappa shape index (κ2) is 8.33. The number of carbonyl (C=O) groups excluding carboxylic acids is 2. The van der Waals surface area contributed by atoms with Crippen molar-refractivity contribution in [2.45, 2.75) is 0 Å². The molecule has 3 rings (SSSR count). The van der Waals surface area contributed by atoms with Gasteiger partial charge in [0.15, 0.2) is 0 Å². The molecule has 0 saturated carbocycles. The minimum atomic E-state index is -0.339. The standard InChI is InChI=1S/C20H16ClFN2O2S/c1-24(12-19(25)23-16-5-3-2-4-15(16)21)20(26)18-11-10-17(27-18)13-6-8-14(22)9-7-13/h2-11H,12H2,1H3,(H,23,25). The molecule has 1 aromatic heterocycles. The van der Waals surface area contributed by atoms with Crippen molar-refractivity contribution in [2.75, 3.05) is 18.9 Å². The molecule has 1 N–H and O–H groups in total. The fraction of sp³-hybridized carbons (Fsp3) is 0.100. The normalized spacial score (nSPS) is 10.5. The summed E-state index contributed by atoms with van der Waals surface area (Å²) in [5.41, 5.74) is 1.33. The van der Waals surface area contributed by atoms with Gasteiger partial charge in [0.05, 0.1) is 22.1 Å². The maximum Gasteiger partial charge on any atom is 0.264 e. The fourth-order valence-electron chi connectivity index (χ4n) is 2.45. The summed E-state index contributed by atoms with van der Waals surface area (Å²) in [6.07, 6.45) is 0. The molecule has 27 heavy (non-hydrogen) atoms. The van der Waals surface area contributed by atoms with E-state index in [1.807, 2.05) is 6.07 Å². The van der Waals surface area contributed by atoms with Crippen LogP contribution in [-0.2, 0) is 4.79 Å². The summed E-state index contributed by atoms with van der Waals surface area (Å²) in [7, 11) is 1.56. The number of nitrogens with one attached hydrogen (secondary N) is 1. The van der Waals surface area contributed by atoms with Crippen molar-refractivity contribution in [3.8, 4) is 10.4 Å². The zero-order valence-corrected chi connectivity index (χ0v) is 16.0. The molecular formula is C20H16ClFN2O2S. The Morgan fingerprint density at radius 3 is 2.48 bits per heavy atom. The number of anilines is 1. The molecule has 0 fully saturated rings. The first-order chi connectivity index (χ1) is 12.9. The zero-order valence-electron chi connectivity index (χ0n) is 14.4. The Kier molecular flexibility index (Phi) is 5.88. The van der Waals surface area contributed by atoms with Crippen LogP contribution in [0.4, 0.5) is 10.1 Å². The molecule has 0 unspecified atom stereocenters. The Morgan fingerprint density at radius 2 is 1.78 bits per heavy atom. The first kappa shape index (κ1) is 19.1. The van der Waals surface area contributed by atoms with E-state index in [1.165, 1.54) is 28.4 Å². The van der Waals surface area contributed by atoms with Crippen LogP contribution in [0.15, 0.2) is 60.7 Å². The van der Waals surface area contributed by atoms with E-state index in [9.17, 15) is 14.0 Å². The van der Waals surface area contributed by atoms with Crippen molar-refractivity contribution in [1.82, 2.24) is 4.90 Å². The summed E-state index contributed by atoms with van der Waals surface area (Å²) < 4.78 is 13.0. The molecule has 138 valence electrons. The molecule has 2 aromatic carbocycles. The maximum atomic E-state index is 13.0. The van der Waals surface area contributed by atoms with Gasteiger partial charge in [-0.3, -0.25) is 9.59 Å². The van der Waals surface area contributed by atoms with Crippen molar-refractivity contribution >= 4 is 40.4 Å². The molecule has 0 bridgehead atoms. The lowest BCUT2D eigenvalue weighted by molar-refractivity contribution is -0.116. The van der Waals surface area contributed by atoms with Crippen molar-refractivity contribution in [3.05, 3.63) is 76.4 Å². The number of hydrogen-bond donors (Lipinski definition) is 1. The summed E-state index contributed by atoms with van der Waals surface area (Å²) in [5.74, 6) is -0.909. The molecule has 3 aromatic rings. The van der Waals surface area contributed by atoms with Gasteiger partial charge in [0.2, 0.25) is 5.91 Å². The Balaban J connectivity index is 1.64. The average molecular weight is 403 g/mol. The van der Waals surface area contributed by atoms with Crippen LogP contribution < -0.4 is 5.32 Å². The monoisotopic (exact) mass is 402 g/mol. The largest absolute Gasteiger partial charge is 0.332 e. The first-order valence-electron chi connectivity index (χ1n) is 8.09. The number of para-hydroxylation sites is 1. The van der Waals surface area contributed by atoms with Gasteiger partial charge in [0, 0.05) is 11.9 Å². The number of amides is 2. The SMILES string of the molecule is CN(CC(=O)Nc1ccccc1Cl)C(=O)c1ccc(-c2ccc(F)cc2)s1. The van der Waals surface area contributed by atoms with Crippen molar-refractivity contribution < 1.29 is 14.0 Å². The van der Waals surface area contributed by atoms with E-state index >= 15 is 0 Å². The van der Waals surface area contributed by atoms with E-state index in [0.717, 1.165) is 10.4 Å². The molecule has 0 spiro atoms. The summed E-state index contributed by atoms with van der Waals surface area (Å²) in [4.78, 5) is 27.4. The number of rotatable bonds is 5. The predicted octanol–water partition coefficient (Wildman–Crippen LogP) is 4.92. The van der Waals surface area contributed by atoms with Gasteiger partial charge < -0.3 is 10.2 Å². The number of benzene rings is 2.